The summed E-state index contributed by atoms with van der Waals surface area (Å²) in [5.41, 5.74) is -0.232. The molecule has 0 aromatic heterocycles. The molecule has 0 bridgehead atoms. The Labute approximate surface area is 130 Å². The van der Waals surface area contributed by atoms with Gasteiger partial charge in [-0.05, 0) is 45.7 Å². The molecular formula is C17H23NO4. The van der Waals surface area contributed by atoms with Gasteiger partial charge in [0.05, 0.1) is 5.56 Å². The minimum Gasteiger partial charge on any atom is -0.507 e. The number of likely N-dealkylation sites (tertiary alicyclic amines) is 1. The largest absolute Gasteiger partial charge is 0.507 e. The molecule has 1 saturated heterocycles. The molecule has 1 aromatic carbocycles. The Morgan fingerprint density at radius 1 is 1.27 bits per heavy atom. The van der Waals surface area contributed by atoms with Crippen molar-refractivity contribution in [3.05, 3.63) is 29.8 Å². The van der Waals surface area contributed by atoms with E-state index in [1.165, 1.54) is 6.07 Å². The Balaban J connectivity index is 2.06. The number of nitrogens with zero attached hydrogens (tertiary/aromatic N) is 1. The number of ketones is 1. The summed E-state index contributed by atoms with van der Waals surface area (Å²) < 4.78 is 5.36. The van der Waals surface area contributed by atoms with Crippen LogP contribution in [0.15, 0.2) is 24.3 Å². The predicted molar refractivity (Wildman–Crippen MR) is 83.0 cm³/mol. The zero-order chi connectivity index (χ0) is 16.3. The molecule has 1 heterocycles. The average molecular weight is 305 g/mol. The highest BCUT2D eigenvalue weighted by Gasteiger charge is 2.32. The maximum absolute atomic E-state index is 12.5. The van der Waals surface area contributed by atoms with Crippen LogP contribution >= 0.6 is 0 Å². The molecule has 1 amide bonds. The Bertz CT molecular complexity index is 562. The minimum atomic E-state index is -0.550. The third-order valence-electron chi connectivity index (χ3n) is 3.61. The number of para-hydroxylation sites is 1. The third-order valence-corrected chi connectivity index (χ3v) is 3.61. The van der Waals surface area contributed by atoms with Gasteiger partial charge in [0.25, 0.3) is 0 Å². The first-order chi connectivity index (χ1) is 10.3. The highest BCUT2D eigenvalue weighted by Crippen LogP contribution is 2.26. The highest BCUT2D eigenvalue weighted by atomic mass is 16.6. The number of hydrogen-bond acceptors (Lipinski definition) is 4. The smallest absolute Gasteiger partial charge is 0.410 e. The number of hydrogen-bond donors (Lipinski definition) is 1. The number of carbonyl (C=O) groups excluding carboxylic acids is 2. The third kappa shape index (κ3) is 4.00. The van der Waals surface area contributed by atoms with Crippen molar-refractivity contribution in [3.63, 3.8) is 0 Å². The van der Waals surface area contributed by atoms with E-state index >= 15 is 0 Å². The summed E-state index contributed by atoms with van der Waals surface area (Å²) in [6.07, 6.45) is 1.08. The number of benzene rings is 1. The summed E-state index contributed by atoms with van der Waals surface area (Å²) in [7, 11) is 0. The summed E-state index contributed by atoms with van der Waals surface area (Å²) in [6.45, 7) is 6.39. The number of carbonyl (C=O) groups is 2. The van der Waals surface area contributed by atoms with Gasteiger partial charge in [0.15, 0.2) is 5.78 Å². The van der Waals surface area contributed by atoms with Crippen molar-refractivity contribution in [2.75, 3.05) is 13.1 Å². The molecule has 0 saturated carbocycles. The quantitative estimate of drug-likeness (QED) is 0.852. The molecule has 1 aliphatic heterocycles. The van der Waals surface area contributed by atoms with Crippen LogP contribution in [0.5, 0.6) is 5.75 Å². The molecule has 5 nitrogen and oxygen atoms in total. The van der Waals surface area contributed by atoms with Gasteiger partial charge in [-0.3, -0.25) is 4.79 Å². The van der Waals surface area contributed by atoms with Gasteiger partial charge in [0.2, 0.25) is 0 Å². The summed E-state index contributed by atoms with van der Waals surface area (Å²) in [6, 6.07) is 6.52. The first-order valence-electron chi connectivity index (χ1n) is 7.58. The lowest BCUT2D eigenvalue weighted by atomic mass is 9.90. The molecule has 0 radical (unpaired) electrons. The number of amides is 1. The molecule has 1 unspecified atom stereocenters. The Hall–Kier alpha value is -2.04. The fourth-order valence-electron chi connectivity index (χ4n) is 2.59. The van der Waals surface area contributed by atoms with Gasteiger partial charge in [0, 0.05) is 19.0 Å². The van der Waals surface area contributed by atoms with Crippen LogP contribution in [0.4, 0.5) is 4.79 Å². The normalized spacial score (nSPS) is 18.9. The molecule has 5 heteroatoms. The van der Waals surface area contributed by atoms with E-state index in [0.29, 0.717) is 25.1 Å². The Morgan fingerprint density at radius 2 is 1.95 bits per heavy atom. The van der Waals surface area contributed by atoms with Crippen molar-refractivity contribution in [2.24, 2.45) is 5.92 Å². The molecule has 120 valence electrons. The van der Waals surface area contributed by atoms with Crippen molar-refractivity contribution in [2.45, 2.75) is 39.2 Å². The van der Waals surface area contributed by atoms with Crippen LogP contribution in [0, 0.1) is 5.92 Å². The zero-order valence-electron chi connectivity index (χ0n) is 13.3. The number of Topliss-reactive ketones (excluding diaryl/α,β-unsaturated/α-hetero) is 1. The van der Waals surface area contributed by atoms with Crippen LogP contribution in [0.2, 0.25) is 0 Å². The van der Waals surface area contributed by atoms with E-state index in [1.54, 1.807) is 23.1 Å². The monoisotopic (exact) mass is 305 g/mol. The Morgan fingerprint density at radius 3 is 2.59 bits per heavy atom. The number of rotatable bonds is 2. The van der Waals surface area contributed by atoms with Crippen LogP contribution in [0.3, 0.4) is 0 Å². The van der Waals surface area contributed by atoms with Crippen LogP contribution in [0.1, 0.15) is 44.0 Å². The lowest BCUT2D eigenvalue weighted by Crippen LogP contribution is -2.44. The topological polar surface area (TPSA) is 66.8 Å². The number of phenols is 1. The summed E-state index contributed by atoms with van der Waals surface area (Å²) >= 11 is 0. The number of aromatic hydroxyl groups is 1. The number of ether oxygens (including phenoxy) is 1. The molecular weight excluding hydrogens is 282 g/mol. The van der Waals surface area contributed by atoms with Gasteiger partial charge in [-0.1, -0.05) is 12.1 Å². The molecule has 0 spiro atoms. The maximum atomic E-state index is 12.5. The first kappa shape index (κ1) is 16.3. The van der Waals surface area contributed by atoms with Gasteiger partial charge in [-0.2, -0.15) is 0 Å². The molecule has 0 aliphatic carbocycles. The fourth-order valence-corrected chi connectivity index (χ4v) is 2.59. The van der Waals surface area contributed by atoms with Crippen molar-refractivity contribution in [1.29, 1.82) is 0 Å². The molecule has 22 heavy (non-hydrogen) atoms. The van der Waals surface area contributed by atoms with Crippen LogP contribution in [0.25, 0.3) is 0 Å². The SMILES string of the molecule is CC(C)(C)OC(=O)N1CCCC(C(=O)c2ccccc2O)C1. The van der Waals surface area contributed by atoms with E-state index in [9.17, 15) is 14.7 Å². The standard InChI is InChI=1S/C17H23NO4/c1-17(2,3)22-16(21)18-10-6-7-12(11-18)15(20)13-8-4-5-9-14(13)19/h4-5,8-9,12,19H,6-7,10-11H2,1-3H3. The van der Waals surface area contributed by atoms with Crippen LogP contribution in [-0.2, 0) is 4.74 Å². The van der Waals surface area contributed by atoms with E-state index < -0.39 is 5.60 Å². The molecule has 2 rings (SSSR count). The van der Waals surface area contributed by atoms with Crippen molar-refractivity contribution in [1.82, 2.24) is 4.90 Å². The van der Waals surface area contributed by atoms with Crippen molar-refractivity contribution in [3.8, 4) is 5.75 Å². The van der Waals surface area contributed by atoms with E-state index in [0.717, 1.165) is 6.42 Å². The van der Waals surface area contributed by atoms with E-state index in [1.807, 2.05) is 20.8 Å². The number of piperidine rings is 1. The second kappa shape index (κ2) is 6.38. The van der Waals surface area contributed by atoms with Gasteiger partial charge in [-0.15, -0.1) is 0 Å². The van der Waals surface area contributed by atoms with E-state index in [2.05, 4.69) is 0 Å². The molecule has 1 N–H and O–H groups in total. The summed E-state index contributed by atoms with van der Waals surface area (Å²) in [4.78, 5) is 26.2. The lowest BCUT2D eigenvalue weighted by molar-refractivity contribution is 0.0172. The Kier molecular flexibility index (Phi) is 4.74. The minimum absolute atomic E-state index is 0.0121. The van der Waals surface area contributed by atoms with Crippen molar-refractivity contribution < 1.29 is 19.4 Å². The van der Waals surface area contributed by atoms with Crippen LogP contribution in [-0.4, -0.2) is 40.6 Å². The van der Waals surface area contributed by atoms with Crippen LogP contribution < -0.4 is 0 Å². The molecule has 1 aromatic rings. The van der Waals surface area contributed by atoms with Gasteiger partial charge in [-0.25, -0.2) is 4.79 Å². The second-order valence-electron chi connectivity index (χ2n) is 6.65. The van der Waals surface area contributed by atoms with Gasteiger partial charge in [0.1, 0.15) is 11.4 Å². The van der Waals surface area contributed by atoms with E-state index in [4.69, 9.17) is 4.74 Å². The molecule has 1 atom stereocenters. The number of phenolic OH excluding ortho intramolecular Hbond substituents is 1. The first-order valence-corrected chi connectivity index (χ1v) is 7.58. The highest BCUT2D eigenvalue weighted by molar-refractivity contribution is 6.00. The summed E-state index contributed by atoms with van der Waals surface area (Å²) in [5.74, 6) is -0.428. The van der Waals surface area contributed by atoms with Gasteiger partial charge >= 0.3 is 6.09 Å². The average Bonchev–Trinajstić information content (AvgIpc) is 2.45. The zero-order valence-corrected chi connectivity index (χ0v) is 13.3. The molecule has 1 aliphatic rings. The van der Waals surface area contributed by atoms with Gasteiger partial charge < -0.3 is 14.7 Å². The predicted octanol–water partition coefficient (Wildman–Crippen LogP) is 3.22. The molecule has 1 fully saturated rings. The second-order valence-corrected chi connectivity index (χ2v) is 6.65. The van der Waals surface area contributed by atoms with E-state index in [-0.39, 0.29) is 23.5 Å². The lowest BCUT2D eigenvalue weighted by Gasteiger charge is -2.33. The van der Waals surface area contributed by atoms with Crippen molar-refractivity contribution >= 4 is 11.9 Å². The fraction of sp³-hybridized carbons (Fsp3) is 0.529. The summed E-state index contributed by atoms with van der Waals surface area (Å²) in [5, 5.41) is 9.81. The maximum Gasteiger partial charge on any atom is 0.410 e.